The van der Waals surface area contributed by atoms with Gasteiger partial charge in [0.15, 0.2) is 11.6 Å². The van der Waals surface area contributed by atoms with Crippen molar-refractivity contribution in [2.75, 3.05) is 44.7 Å². The summed E-state index contributed by atoms with van der Waals surface area (Å²) in [5.74, 6) is -2.06. The number of Topliss-reactive ketones (excluding diaryl/α,β-unsaturated/α-hetero) is 1. The van der Waals surface area contributed by atoms with Crippen LogP contribution in [0.15, 0.2) is 67.0 Å². The Morgan fingerprint density at radius 2 is 1.84 bits per heavy atom. The molecular weight excluding hydrogens is 653 g/mol. The predicted octanol–water partition coefficient (Wildman–Crippen LogP) is 3.86. The molecule has 1 atom stereocenters. The molecule has 2 aliphatic rings. The van der Waals surface area contributed by atoms with Crippen LogP contribution in [0.5, 0.6) is 0 Å². The van der Waals surface area contributed by atoms with E-state index in [2.05, 4.69) is 15.5 Å². The van der Waals surface area contributed by atoms with Crippen LogP contribution < -0.4 is 4.90 Å². The number of likely N-dealkylation sites (N-methyl/N-ethyl adjacent to an activating group) is 1. The average Bonchev–Trinajstić information content (AvgIpc) is 3.63. The van der Waals surface area contributed by atoms with Crippen LogP contribution in [0.1, 0.15) is 45.6 Å². The van der Waals surface area contributed by atoms with E-state index in [-0.39, 0.29) is 54.1 Å². The smallest absolute Gasteiger partial charge is 0.338 e. The van der Waals surface area contributed by atoms with Crippen molar-refractivity contribution >= 4 is 46.9 Å². The number of ether oxygens (including phenoxy) is 1. The van der Waals surface area contributed by atoms with E-state index in [4.69, 9.17) is 16.3 Å². The minimum Gasteiger partial charge on any atom is -0.462 e. The molecule has 1 saturated heterocycles. The Hall–Kier alpha value is -5.27. The molecule has 0 unspecified atom stereocenters. The monoisotopic (exact) mass is 685 g/mol. The van der Waals surface area contributed by atoms with Gasteiger partial charge in [-0.2, -0.15) is 4.68 Å². The van der Waals surface area contributed by atoms with Gasteiger partial charge in [0, 0.05) is 43.4 Å². The minimum absolute atomic E-state index is 0.00834. The number of aromatic nitrogens is 4. The SMILES string of the molecule is CCOC(=O)c1ccc(CC(=O)[C@@H]2c3cccc(N4CCN(C)CC4=O)c3CCN2C(=O)/C=C/c2c(-n3cnnn3)ccc(Cl)c2F)cc1. The lowest BCUT2D eigenvalue weighted by atomic mass is 9.86. The molecule has 49 heavy (non-hydrogen) atoms. The van der Waals surface area contributed by atoms with E-state index in [0.29, 0.717) is 36.2 Å². The van der Waals surface area contributed by atoms with Gasteiger partial charge in [-0.1, -0.05) is 35.9 Å². The summed E-state index contributed by atoms with van der Waals surface area (Å²) in [7, 11) is 1.89. The molecule has 252 valence electrons. The number of hydrogen-bond donors (Lipinski definition) is 0. The van der Waals surface area contributed by atoms with Gasteiger partial charge < -0.3 is 14.5 Å². The first-order valence-corrected chi connectivity index (χ1v) is 16.1. The maximum atomic E-state index is 15.3. The molecule has 1 aromatic heterocycles. The van der Waals surface area contributed by atoms with Crippen LogP contribution in [0.25, 0.3) is 11.8 Å². The lowest BCUT2D eigenvalue weighted by Gasteiger charge is -2.39. The second-order valence-corrected chi connectivity index (χ2v) is 12.2. The summed E-state index contributed by atoms with van der Waals surface area (Å²) in [5, 5.41) is 10.9. The highest BCUT2D eigenvalue weighted by atomic mass is 35.5. The lowest BCUT2D eigenvalue weighted by molar-refractivity contribution is -0.136. The predicted molar refractivity (Wildman–Crippen MR) is 179 cm³/mol. The topological polar surface area (TPSA) is 131 Å². The zero-order chi connectivity index (χ0) is 34.7. The molecule has 4 aromatic rings. The number of benzene rings is 3. The Labute approximate surface area is 286 Å². The number of esters is 1. The number of tetrazole rings is 1. The third-order valence-electron chi connectivity index (χ3n) is 8.63. The highest BCUT2D eigenvalue weighted by molar-refractivity contribution is 6.31. The van der Waals surface area contributed by atoms with Gasteiger partial charge in [0.2, 0.25) is 11.8 Å². The van der Waals surface area contributed by atoms with Crippen molar-refractivity contribution in [3.8, 4) is 5.69 Å². The number of amides is 2. The van der Waals surface area contributed by atoms with E-state index in [1.165, 1.54) is 40.2 Å². The van der Waals surface area contributed by atoms with Gasteiger partial charge in [-0.25, -0.2) is 9.18 Å². The molecule has 2 amide bonds. The number of carbonyl (C=O) groups is 4. The molecule has 6 rings (SSSR count). The van der Waals surface area contributed by atoms with Crippen LogP contribution >= 0.6 is 11.6 Å². The fraction of sp³-hybridized carbons (Fsp3) is 0.286. The zero-order valence-electron chi connectivity index (χ0n) is 26.9. The maximum Gasteiger partial charge on any atom is 0.338 e. The van der Waals surface area contributed by atoms with Crippen molar-refractivity contribution < 1.29 is 28.3 Å². The van der Waals surface area contributed by atoms with Gasteiger partial charge in [-0.3, -0.25) is 19.3 Å². The molecule has 0 bridgehead atoms. The third-order valence-corrected chi connectivity index (χ3v) is 8.92. The van der Waals surface area contributed by atoms with Crippen LogP contribution in [0.2, 0.25) is 5.02 Å². The second kappa shape index (κ2) is 14.5. The Bertz CT molecular complexity index is 1930. The van der Waals surface area contributed by atoms with Gasteiger partial charge in [0.25, 0.3) is 0 Å². The molecule has 3 aromatic carbocycles. The molecule has 2 aliphatic heterocycles. The number of hydrogen-bond acceptors (Lipinski definition) is 9. The van der Waals surface area contributed by atoms with E-state index in [0.717, 1.165) is 11.3 Å². The number of rotatable bonds is 9. The largest absolute Gasteiger partial charge is 0.462 e. The summed E-state index contributed by atoms with van der Waals surface area (Å²) < 4.78 is 21.6. The highest BCUT2D eigenvalue weighted by Gasteiger charge is 2.37. The molecule has 0 saturated carbocycles. The minimum atomic E-state index is -1.00. The van der Waals surface area contributed by atoms with Gasteiger partial charge in [-0.05, 0) is 83.9 Å². The summed E-state index contributed by atoms with van der Waals surface area (Å²) >= 11 is 6.08. The fourth-order valence-electron chi connectivity index (χ4n) is 6.24. The molecule has 0 N–H and O–H groups in total. The van der Waals surface area contributed by atoms with E-state index in [1.807, 2.05) is 18.0 Å². The molecule has 0 radical (unpaired) electrons. The Morgan fingerprint density at radius 3 is 2.55 bits per heavy atom. The van der Waals surface area contributed by atoms with Crippen molar-refractivity contribution in [1.29, 1.82) is 0 Å². The second-order valence-electron chi connectivity index (χ2n) is 11.8. The molecule has 1 fully saturated rings. The van der Waals surface area contributed by atoms with E-state index in [9.17, 15) is 19.2 Å². The highest BCUT2D eigenvalue weighted by Crippen LogP contribution is 2.38. The summed E-state index contributed by atoms with van der Waals surface area (Å²) in [6, 6.07) is 13.9. The number of anilines is 1. The van der Waals surface area contributed by atoms with Crippen LogP contribution in [-0.2, 0) is 32.0 Å². The Balaban J connectivity index is 1.35. The van der Waals surface area contributed by atoms with Gasteiger partial charge in [-0.15, -0.1) is 5.10 Å². The third kappa shape index (κ3) is 6.99. The Kier molecular flexibility index (Phi) is 9.92. The standard InChI is InChI=1S/C35H33ClFN7O5/c1-3-49-35(48)23-9-7-22(8-10-23)19-30(45)34-25-5-4-6-28(42-18-17-41(2)20-32(42)47)24(25)15-16-43(34)31(46)14-11-26-29(44-21-38-39-40-44)13-12-27(36)33(26)37/h4-14,21,34H,3,15-20H2,1-2H3/b14-11+/t34-/m0/s1. The van der Waals surface area contributed by atoms with Crippen molar-refractivity contribution in [3.63, 3.8) is 0 Å². The quantitative estimate of drug-likeness (QED) is 0.190. The summed E-state index contributed by atoms with van der Waals surface area (Å²) in [6.45, 7) is 3.60. The summed E-state index contributed by atoms with van der Waals surface area (Å²) in [4.78, 5) is 58.6. The number of fused-ring (bicyclic) bond motifs is 1. The van der Waals surface area contributed by atoms with Gasteiger partial charge >= 0.3 is 5.97 Å². The maximum absolute atomic E-state index is 15.3. The van der Waals surface area contributed by atoms with Crippen LogP contribution in [0, 0.1) is 5.82 Å². The van der Waals surface area contributed by atoms with E-state index >= 15 is 4.39 Å². The van der Waals surface area contributed by atoms with Crippen molar-refractivity contribution in [2.24, 2.45) is 0 Å². The molecule has 12 nitrogen and oxygen atoms in total. The number of halogens is 2. The number of nitrogens with zero attached hydrogens (tertiary/aromatic N) is 7. The first kappa shape index (κ1) is 33.6. The number of piperazine rings is 1. The molecule has 0 aliphatic carbocycles. The van der Waals surface area contributed by atoms with E-state index in [1.54, 1.807) is 48.2 Å². The molecule has 14 heteroatoms. The van der Waals surface area contributed by atoms with E-state index < -0.39 is 23.7 Å². The normalized spacial score (nSPS) is 16.6. The molecular formula is C35H33ClFN7O5. The molecule has 3 heterocycles. The summed E-state index contributed by atoms with van der Waals surface area (Å²) in [5.41, 5.74) is 3.43. The fourth-order valence-corrected chi connectivity index (χ4v) is 6.41. The molecule has 0 spiro atoms. The summed E-state index contributed by atoms with van der Waals surface area (Å²) in [6.07, 6.45) is 4.15. The number of carbonyl (C=O) groups excluding carboxylic acids is 4. The van der Waals surface area contributed by atoms with Crippen LogP contribution in [0.3, 0.4) is 0 Å². The van der Waals surface area contributed by atoms with Crippen molar-refractivity contribution in [1.82, 2.24) is 30.0 Å². The number of ketones is 1. The first-order chi connectivity index (χ1) is 23.7. The average molecular weight is 686 g/mol. The van der Waals surface area contributed by atoms with Crippen molar-refractivity contribution in [3.05, 3.63) is 106 Å². The van der Waals surface area contributed by atoms with Crippen LogP contribution in [-0.4, -0.2) is 93.4 Å². The lowest BCUT2D eigenvalue weighted by Crippen LogP contribution is -2.50. The zero-order valence-corrected chi connectivity index (χ0v) is 27.6. The van der Waals surface area contributed by atoms with Gasteiger partial charge in [0.05, 0.1) is 29.4 Å². The Morgan fingerprint density at radius 1 is 1.04 bits per heavy atom. The van der Waals surface area contributed by atoms with Crippen LogP contribution in [0.4, 0.5) is 10.1 Å². The van der Waals surface area contributed by atoms with Crippen molar-refractivity contribution in [2.45, 2.75) is 25.8 Å². The van der Waals surface area contributed by atoms with Gasteiger partial charge in [0.1, 0.15) is 12.4 Å². The first-order valence-electron chi connectivity index (χ1n) is 15.8.